The standard InChI is InChI=1S/C18H15ClF3N3O2.C15H10ClF3N2O4.C8H11NO4/c1-10(23)16-24-14-7-3-6-13(19)15(14)17(26)25(16)11-4-2-5-12(8-11)27-9-18(20,21)22;16-11-5-2-6-12(21(23)24)13(11)14(22)20-9-3-1-4-10(7-9)25-8-15(17,18)19;1-5(2)8(12)13-9-6(10)3-4-7(9)11/h2-8,10H,9,23H2,1H3;1-7H,8H2,(H,20,22);5H,3-4H2,1-2H3/t10-;;/m0../s1. The van der Waals surface area contributed by atoms with E-state index in [-0.39, 0.29) is 68.5 Å². The minimum absolute atomic E-state index is 0.0356. The molecule has 0 unspecified atom stereocenters. The summed E-state index contributed by atoms with van der Waals surface area (Å²) >= 11 is 12.0. The van der Waals surface area contributed by atoms with Gasteiger partial charge in [0.25, 0.3) is 29.0 Å². The quantitative estimate of drug-likeness (QED) is 0.0550. The number of anilines is 1. The number of benzene rings is 4. The maximum Gasteiger partial charge on any atom is 0.422 e. The van der Waals surface area contributed by atoms with E-state index in [0.29, 0.717) is 10.6 Å². The van der Waals surface area contributed by atoms with Gasteiger partial charge in [0.15, 0.2) is 13.2 Å². The number of nitro benzene ring substituents is 1. The van der Waals surface area contributed by atoms with Crippen molar-refractivity contribution in [2.45, 2.75) is 52.0 Å². The van der Waals surface area contributed by atoms with Crippen molar-refractivity contribution in [2.75, 3.05) is 18.5 Å². The monoisotopic (exact) mass is 956 g/mol. The zero-order chi connectivity index (χ0) is 48.4. The topological polar surface area (TPSA) is 215 Å². The number of imide groups is 1. The average Bonchev–Trinajstić information content (AvgIpc) is 3.54. The number of nitrogens with zero attached hydrogens (tertiary/aromatic N) is 4. The Morgan fingerprint density at radius 2 is 1.37 bits per heavy atom. The molecule has 0 spiro atoms. The van der Waals surface area contributed by atoms with Crippen molar-refractivity contribution in [3.05, 3.63) is 127 Å². The van der Waals surface area contributed by atoms with Crippen LogP contribution in [0.1, 0.15) is 55.8 Å². The van der Waals surface area contributed by atoms with Crippen LogP contribution in [0.2, 0.25) is 10.0 Å². The second-order valence-corrected chi connectivity index (χ2v) is 14.7. The SMILES string of the molecule is CC(C)C(=O)ON1C(=O)CCC1=O.C[C@H](N)c1nc2cccc(Cl)c2c(=O)n1-c1cccc(OCC(F)(F)F)c1.O=C(Nc1cccc(OCC(F)(F)F)c1)c1c(Cl)cccc1[N+](=O)[O-]. The van der Waals surface area contributed by atoms with E-state index in [0.717, 1.165) is 12.1 Å². The number of carbonyl (C=O) groups is 4. The lowest BCUT2D eigenvalue weighted by Gasteiger charge is -2.17. The lowest BCUT2D eigenvalue weighted by atomic mass is 10.1. The van der Waals surface area contributed by atoms with E-state index in [4.69, 9.17) is 33.7 Å². The number of carbonyl (C=O) groups excluding carboxylic acids is 4. The molecule has 346 valence electrons. The molecular weight excluding hydrogens is 921 g/mol. The molecule has 0 saturated carbocycles. The van der Waals surface area contributed by atoms with Crippen LogP contribution >= 0.6 is 23.2 Å². The van der Waals surface area contributed by atoms with Gasteiger partial charge in [0.05, 0.1) is 43.5 Å². The van der Waals surface area contributed by atoms with Crippen LogP contribution in [-0.4, -0.2) is 68.8 Å². The van der Waals surface area contributed by atoms with Crippen molar-refractivity contribution in [1.29, 1.82) is 0 Å². The molecule has 1 fully saturated rings. The summed E-state index contributed by atoms with van der Waals surface area (Å²) in [5.41, 5.74) is 5.42. The number of hydrogen-bond donors (Lipinski definition) is 2. The summed E-state index contributed by atoms with van der Waals surface area (Å²) in [6, 6.07) is 18.9. The number of aromatic nitrogens is 2. The molecule has 3 amide bonds. The summed E-state index contributed by atoms with van der Waals surface area (Å²) < 4.78 is 84.3. The van der Waals surface area contributed by atoms with Gasteiger partial charge >= 0.3 is 18.3 Å². The molecule has 16 nitrogen and oxygen atoms in total. The number of hydroxylamine groups is 2. The predicted molar refractivity (Wildman–Crippen MR) is 223 cm³/mol. The highest BCUT2D eigenvalue weighted by atomic mass is 35.5. The smallest absolute Gasteiger partial charge is 0.422 e. The van der Waals surface area contributed by atoms with Crippen molar-refractivity contribution >= 4 is 69.2 Å². The first kappa shape index (κ1) is 50.9. The van der Waals surface area contributed by atoms with Gasteiger partial charge in [-0.25, -0.2) is 9.78 Å². The molecule has 1 aliphatic heterocycles. The third kappa shape index (κ3) is 14.4. The third-order valence-corrected chi connectivity index (χ3v) is 8.96. The second-order valence-electron chi connectivity index (χ2n) is 13.9. The molecule has 0 radical (unpaired) electrons. The zero-order valence-corrected chi connectivity index (χ0v) is 35.6. The molecule has 5 aromatic rings. The number of alkyl halides is 6. The van der Waals surface area contributed by atoms with Crippen LogP contribution in [0.3, 0.4) is 0 Å². The first-order valence-corrected chi connectivity index (χ1v) is 19.5. The number of nitrogens with two attached hydrogens (primary N) is 1. The Bertz CT molecular complexity index is 2630. The van der Waals surface area contributed by atoms with Crippen molar-refractivity contribution < 1.29 is 64.8 Å². The van der Waals surface area contributed by atoms with E-state index in [2.05, 4.69) is 19.9 Å². The van der Waals surface area contributed by atoms with Gasteiger partial charge in [0.1, 0.15) is 22.9 Å². The van der Waals surface area contributed by atoms with E-state index in [1.54, 1.807) is 45.0 Å². The molecule has 24 heteroatoms. The van der Waals surface area contributed by atoms with Gasteiger partial charge in [-0.15, -0.1) is 5.06 Å². The highest BCUT2D eigenvalue weighted by molar-refractivity contribution is 6.35. The van der Waals surface area contributed by atoms with Gasteiger partial charge in [-0.3, -0.25) is 33.9 Å². The molecule has 1 aliphatic rings. The summed E-state index contributed by atoms with van der Waals surface area (Å²) in [4.78, 5) is 77.6. The highest BCUT2D eigenvalue weighted by Gasteiger charge is 2.33. The van der Waals surface area contributed by atoms with Crippen molar-refractivity contribution in [2.24, 2.45) is 11.7 Å². The van der Waals surface area contributed by atoms with E-state index in [1.807, 2.05) is 0 Å². The number of hydrogen-bond acceptors (Lipinski definition) is 12. The minimum Gasteiger partial charge on any atom is -0.484 e. The molecule has 1 atom stereocenters. The van der Waals surface area contributed by atoms with E-state index >= 15 is 0 Å². The van der Waals surface area contributed by atoms with Crippen molar-refractivity contribution in [1.82, 2.24) is 14.6 Å². The van der Waals surface area contributed by atoms with Crippen LogP contribution in [0.15, 0.2) is 89.7 Å². The van der Waals surface area contributed by atoms with Crippen LogP contribution < -0.4 is 26.1 Å². The summed E-state index contributed by atoms with van der Waals surface area (Å²) in [6.45, 7) is 1.99. The predicted octanol–water partition coefficient (Wildman–Crippen LogP) is 8.69. The summed E-state index contributed by atoms with van der Waals surface area (Å²) in [7, 11) is 0. The molecular formula is C41H36Cl2F6N6O10. The highest BCUT2D eigenvalue weighted by Crippen LogP contribution is 2.29. The van der Waals surface area contributed by atoms with Gasteiger partial charge in [0, 0.05) is 36.7 Å². The Balaban J connectivity index is 0.000000226. The Kier molecular flexibility index (Phi) is 17.0. The van der Waals surface area contributed by atoms with Gasteiger partial charge in [0.2, 0.25) is 0 Å². The zero-order valence-electron chi connectivity index (χ0n) is 34.0. The second kappa shape index (κ2) is 21.7. The number of amides is 3. The molecule has 0 aliphatic carbocycles. The molecule has 0 bridgehead atoms. The largest absolute Gasteiger partial charge is 0.484 e. The van der Waals surface area contributed by atoms with Gasteiger partial charge in [-0.2, -0.15) is 26.3 Å². The number of ether oxygens (including phenoxy) is 2. The first-order valence-electron chi connectivity index (χ1n) is 18.7. The number of nitrogens with one attached hydrogen (secondary N) is 1. The molecule has 2 heterocycles. The van der Waals surface area contributed by atoms with Gasteiger partial charge < -0.3 is 25.4 Å². The van der Waals surface area contributed by atoms with E-state index in [1.165, 1.54) is 53.1 Å². The minimum atomic E-state index is -4.50. The fraction of sp³-hybridized carbons (Fsp3) is 0.268. The fourth-order valence-electron chi connectivity index (χ4n) is 5.40. The summed E-state index contributed by atoms with van der Waals surface area (Å²) in [5, 5.41) is 14.2. The lowest BCUT2D eigenvalue weighted by Crippen LogP contribution is -2.33. The average molecular weight is 958 g/mol. The number of halogens is 8. The molecule has 3 N–H and O–H groups in total. The Morgan fingerprint density at radius 3 is 1.92 bits per heavy atom. The first-order chi connectivity index (χ1) is 30.4. The normalized spacial score (nSPS) is 13.0. The molecule has 6 rings (SSSR count). The van der Waals surface area contributed by atoms with Crippen LogP contribution in [0.4, 0.5) is 37.7 Å². The van der Waals surface area contributed by atoms with E-state index in [9.17, 15) is 60.4 Å². The summed E-state index contributed by atoms with van der Waals surface area (Å²) in [6.07, 6.45) is -8.71. The maximum atomic E-state index is 13.1. The number of nitro groups is 1. The number of fused-ring (bicyclic) bond motifs is 1. The molecule has 4 aromatic carbocycles. The van der Waals surface area contributed by atoms with Gasteiger partial charge in [-0.1, -0.05) is 61.3 Å². The Labute approximate surface area is 373 Å². The Hall–Kier alpha value is -6.78. The van der Waals surface area contributed by atoms with Crippen LogP contribution in [0, 0.1) is 16.0 Å². The summed E-state index contributed by atoms with van der Waals surface area (Å²) in [5.74, 6) is -2.58. The Morgan fingerprint density at radius 1 is 0.831 bits per heavy atom. The lowest BCUT2D eigenvalue weighted by molar-refractivity contribution is -0.385. The van der Waals surface area contributed by atoms with Crippen LogP contribution in [0.5, 0.6) is 11.5 Å². The van der Waals surface area contributed by atoms with Crippen molar-refractivity contribution in [3.63, 3.8) is 0 Å². The van der Waals surface area contributed by atoms with Crippen molar-refractivity contribution in [3.8, 4) is 17.2 Å². The van der Waals surface area contributed by atoms with Crippen LogP contribution in [0.25, 0.3) is 16.6 Å². The molecule has 1 saturated heterocycles. The van der Waals surface area contributed by atoms with E-state index < -0.39 is 71.5 Å². The molecule has 1 aromatic heterocycles. The third-order valence-electron chi connectivity index (χ3n) is 8.33. The fourth-order valence-corrected chi connectivity index (χ4v) is 5.91. The number of rotatable bonds is 11. The van der Waals surface area contributed by atoms with Gasteiger partial charge in [-0.05, 0) is 49.4 Å². The van der Waals surface area contributed by atoms with Crippen LogP contribution in [-0.2, 0) is 19.2 Å². The maximum absolute atomic E-state index is 13.1. The molecule has 65 heavy (non-hydrogen) atoms.